The van der Waals surface area contributed by atoms with E-state index in [-0.39, 0.29) is 23.2 Å². The standard InChI is InChI=1S/C20H17N3O6/c1-10-6-16(23-15(24)9-17(25)26)29-18(10)20(27)28-14-5-4-11-7-13(19(21)22)3-2-12(11)8-14/h2-8H,9H2,1H3,(H3,21,22)(H,23,24)(H,25,26). The van der Waals surface area contributed by atoms with Crippen molar-refractivity contribution in [3.8, 4) is 5.75 Å². The number of carboxylic acid groups (broad SMARTS) is 1. The van der Waals surface area contributed by atoms with Gasteiger partial charge in [-0.25, -0.2) is 4.79 Å². The van der Waals surface area contributed by atoms with Crippen LogP contribution in [-0.4, -0.2) is 28.8 Å². The molecule has 29 heavy (non-hydrogen) atoms. The van der Waals surface area contributed by atoms with Crippen molar-refractivity contribution in [1.29, 1.82) is 5.41 Å². The molecule has 0 aliphatic rings. The number of hydrogen-bond donors (Lipinski definition) is 4. The van der Waals surface area contributed by atoms with Gasteiger partial charge in [0.2, 0.25) is 17.6 Å². The highest BCUT2D eigenvalue weighted by Gasteiger charge is 2.20. The van der Waals surface area contributed by atoms with Crippen LogP contribution in [0.15, 0.2) is 46.9 Å². The molecule has 0 fully saturated rings. The first-order valence-electron chi connectivity index (χ1n) is 8.45. The van der Waals surface area contributed by atoms with E-state index in [0.717, 1.165) is 10.8 Å². The number of rotatable bonds is 6. The lowest BCUT2D eigenvalue weighted by molar-refractivity contribution is -0.139. The molecule has 3 aromatic rings. The molecule has 5 N–H and O–H groups in total. The molecule has 1 heterocycles. The number of carbonyl (C=O) groups is 3. The summed E-state index contributed by atoms with van der Waals surface area (Å²) in [4.78, 5) is 34.5. The van der Waals surface area contributed by atoms with Gasteiger partial charge in [0.1, 0.15) is 18.0 Å². The Morgan fingerprint density at radius 3 is 2.52 bits per heavy atom. The summed E-state index contributed by atoms with van der Waals surface area (Å²) in [5, 5.41) is 20.0. The molecule has 9 nitrogen and oxygen atoms in total. The normalized spacial score (nSPS) is 10.5. The van der Waals surface area contributed by atoms with E-state index in [4.69, 9.17) is 25.4 Å². The highest BCUT2D eigenvalue weighted by molar-refractivity contribution is 6.01. The van der Waals surface area contributed by atoms with Crippen LogP contribution in [0.25, 0.3) is 10.8 Å². The fraction of sp³-hybridized carbons (Fsp3) is 0.100. The predicted molar refractivity (Wildman–Crippen MR) is 104 cm³/mol. The third-order valence-corrected chi connectivity index (χ3v) is 4.01. The Morgan fingerprint density at radius 2 is 1.83 bits per heavy atom. The number of fused-ring (bicyclic) bond motifs is 1. The molecule has 1 amide bonds. The average molecular weight is 395 g/mol. The van der Waals surface area contributed by atoms with Gasteiger partial charge in [-0.2, -0.15) is 0 Å². The number of amides is 1. The zero-order chi connectivity index (χ0) is 21.1. The van der Waals surface area contributed by atoms with Gasteiger partial charge < -0.3 is 20.0 Å². The van der Waals surface area contributed by atoms with Crippen LogP contribution in [0, 0.1) is 12.3 Å². The van der Waals surface area contributed by atoms with Crippen molar-refractivity contribution in [2.75, 3.05) is 5.32 Å². The van der Waals surface area contributed by atoms with Crippen LogP contribution in [0.5, 0.6) is 5.75 Å². The van der Waals surface area contributed by atoms with E-state index in [1.54, 1.807) is 43.3 Å². The van der Waals surface area contributed by atoms with Gasteiger partial charge >= 0.3 is 11.9 Å². The van der Waals surface area contributed by atoms with Gasteiger partial charge in [0, 0.05) is 17.2 Å². The number of nitrogen functional groups attached to an aromatic ring is 1. The van der Waals surface area contributed by atoms with Crippen molar-refractivity contribution < 1.29 is 28.6 Å². The number of aliphatic carboxylic acids is 1. The molecule has 0 bridgehead atoms. The Hall–Kier alpha value is -4.14. The monoisotopic (exact) mass is 395 g/mol. The summed E-state index contributed by atoms with van der Waals surface area (Å²) >= 11 is 0. The van der Waals surface area contributed by atoms with Crippen molar-refractivity contribution in [2.45, 2.75) is 13.3 Å². The van der Waals surface area contributed by atoms with Gasteiger partial charge in [-0.05, 0) is 35.9 Å². The molecule has 0 spiro atoms. The Morgan fingerprint density at radius 1 is 1.14 bits per heavy atom. The van der Waals surface area contributed by atoms with E-state index < -0.39 is 24.3 Å². The largest absolute Gasteiger partial charge is 0.481 e. The zero-order valence-corrected chi connectivity index (χ0v) is 15.3. The van der Waals surface area contributed by atoms with Crippen molar-refractivity contribution in [3.05, 3.63) is 59.4 Å². The molecule has 1 aromatic heterocycles. The van der Waals surface area contributed by atoms with Crippen LogP contribution in [0.4, 0.5) is 5.88 Å². The quantitative estimate of drug-likeness (QED) is 0.164. The Balaban J connectivity index is 1.76. The van der Waals surface area contributed by atoms with Gasteiger partial charge in [0.25, 0.3) is 0 Å². The van der Waals surface area contributed by atoms with Crippen molar-refractivity contribution in [3.63, 3.8) is 0 Å². The number of anilines is 1. The summed E-state index contributed by atoms with van der Waals surface area (Å²) in [7, 11) is 0. The van der Waals surface area contributed by atoms with Crippen LogP contribution in [-0.2, 0) is 9.59 Å². The van der Waals surface area contributed by atoms with E-state index in [1.807, 2.05) is 0 Å². The second kappa shape index (κ2) is 7.85. The zero-order valence-electron chi connectivity index (χ0n) is 15.3. The third kappa shape index (κ3) is 4.59. The first-order valence-corrected chi connectivity index (χ1v) is 8.45. The van der Waals surface area contributed by atoms with Crippen LogP contribution in [0.2, 0.25) is 0 Å². The lowest BCUT2D eigenvalue weighted by Crippen LogP contribution is -2.15. The summed E-state index contributed by atoms with van der Waals surface area (Å²) in [5.41, 5.74) is 6.50. The molecule has 0 aliphatic carbocycles. The van der Waals surface area contributed by atoms with E-state index >= 15 is 0 Å². The number of carbonyl (C=O) groups excluding carboxylic acids is 2. The number of hydrogen-bond acceptors (Lipinski definition) is 6. The highest BCUT2D eigenvalue weighted by atomic mass is 16.5. The van der Waals surface area contributed by atoms with Crippen molar-refractivity contribution in [1.82, 2.24) is 0 Å². The molecular formula is C20H17N3O6. The molecule has 3 rings (SSSR count). The molecule has 0 unspecified atom stereocenters. The summed E-state index contributed by atoms with van der Waals surface area (Å²) < 4.78 is 10.6. The second-order valence-corrected chi connectivity index (χ2v) is 6.27. The highest BCUT2D eigenvalue weighted by Crippen LogP contribution is 2.25. The first-order chi connectivity index (χ1) is 13.7. The number of esters is 1. The summed E-state index contributed by atoms with van der Waals surface area (Å²) in [6.07, 6.45) is -0.720. The Bertz CT molecular complexity index is 1150. The predicted octanol–water partition coefficient (Wildman–Crippen LogP) is 2.66. The fourth-order valence-corrected chi connectivity index (χ4v) is 2.67. The second-order valence-electron chi connectivity index (χ2n) is 6.27. The average Bonchev–Trinajstić information content (AvgIpc) is 3.00. The number of nitrogens with two attached hydrogens (primary N) is 1. The smallest absolute Gasteiger partial charge is 0.380 e. The number of benzene rings is 2. The lowest BCUT2D eigenvalue weighted by atomic mass is 10.1. The minimum atomic E-state index is -1.28. The van der Waals surface area contributed by atoms with Crippen molar-refractivity contribution in [2.24, 2.45) is 5.73 Å². The van der Waals surface area contributed by atoms with Crippen LogP contribution < -0.4 is 15.8 Å². The molecular weight excluding hydrogens is 378 g/mol. The number of nitrogens with one attached hydrogen (secondary N) is 2. The fourth-order valence-electron chi connectivity index (χ4n) is 2.67. The Kier molecular flexibility index (Phi) is 5.31. The molecule has 2 aromatic carbocycles. The molecule has 0 saturated heterocycles. The summed E-state index contributed by atoms with van der Waals surface area (Å²) in [5.74, 6) is -2.73. The Labute approximate surface area is 164 Å². The van der Waals surface area contributed by atoms with E-state index in [2.05, 4.69) is 5.32 Å². The summed E-state index contributed by atoms with van der Waals surface area (Å²) in [6.45, 7) is 1.59. The van der Waals surface area contributed by atoms with Gasteiger partial charge in [0.05, 0.1) is 0 Å². The van der Waals surface area contributed by atoms with Gasteiger partial charge in [-0.1, -0.05) is 18.2 Å². The number of furan rings is 1. The number of aryl methyl sites for hydroxylation is 1. The molecule has 0 aliphatic heterocycles. The number of ether oxygens (including phenoxy) is 1. The maximum absolute atomic E-state index is 12.4. The molecule has 0 radical (unpaired) electrons. The molecule has 0 atom stereocenters. The molecule has 9 heteroatoms. The minimum Gasteiger partial charge on any atom is -0.481 e. The van der Waals surface area contributed by atoms with Crippen LogP contribution >= 0.6 is 0 Å². The molecule has 148 valence electrons. The molecule has 0 saturated carbocycles. The van der Waals surface area contributed by atoms with Gasteiger partial charge in [-0.3, -0.25) is 20.3 Å². The summed E-state index contributed by atoms with van der Waals surface area (Å²) in [6, 6.07) is 11.6. The first kappa shape index (κ1) is 19.6. The van der Waals surface area contributed by atoms with Gasteiger partial charge in [-0.15, -0.1) is 0 Å². The third-order valence-electron chi connectivity index (χ3n) is 4.01. The van der Waals surface area contributed by atoms with Gasteiger partial charge in [0.15, 0.2) is 0 Å². The van der Waals surface area contributed by atoms with E-state index in [0.29, 0.717) is 11.1 Å². The maximum atomic E-state index is 12.4. The van der Waals surface area contributed by atoms with Crippen molar-refractivity contribution >= 4 is 40.3 Å². The minimum absolute atomic E-state index is 0.0399. The van der Waals surface area contributed by atoms with Crippen LogP contribution in [0.1, 0.15) is 28.1 Å². The SMILES string of the molecule is Cc1cc(NC(=O)CC(=O)O)oc1C(=O)Oc1ccc2cc(C(=N)N)ccc2c1. The number of amidine groups is 1. The van der Waals surface area contributed by atoms with Crippen LogP contribution in [0.3, 0.4) is 0 Å². The number of carboxylic acids is 1. The lowest BCUT2D eigenvalue weighted by Gasteiger charge is -2.06. The van der Waals surface area contributed by atoms with E-state index in [1.165, 1.54) is 6.07 Å². The topological polar surface area (TPSA) is 156 Å². The maximum Gasteiger partial charge on any atom is 0.380 e. The van der Waals surface area contributed by atoms with E-state index in [9.17, 15) is 14.4 Å².